The van der Waals surface area contributed by atoms with Crippen molar-refractivity contribution in [2.75, 3.05) is 18.1 Å². The van der Waals surface area contributed by atoms with Crippen LogP contribution in [0.5, 0.6) is 0 Å². The van der Waals surface area contributed by atoms with E-state index in [1.54, 1.807) is 0 Å². The summed E-state index contributed by atoms with van der Waals surface area (Å²) in [7, 11) is 0. The molecule has 0 unspecified atom stereocenters. The van der Waals surface area contributed by atoms with Crippen LogP contribution < -0.4 is 10.2 Å². The second-order valence-electron chi connectivity index (χ2n) is 10.1. The van der Waals surface area contributed by atoms with E-state index in [1.165, 1.54) is 33.8 Å². The molecule has 5 rings (SSSR count). The Morgan fingerprint density at radius 2 is 1.77 bits per heavy atom. The number of anilines is 1. The second kappa shape index (κ2) is 11.7. The molecule has 39 heavy (non-hydrogen) atoms. The highest BCUT2D eigenvalue weighted by molar-refractivity contribution is 6.01. The predicted molar refractivity (Wildman–Crippen MR) is 147 cm³/mol. The summed E-state index contributed by atoms with van der Waals surface area (Å²) in [4.78, 5) is 29.3. The van der Waals surface area contributed by atoms with Crippen molar-refractivity contribution in [3.05, 3.63) is 89.7 Å². The van der Waals surface area contributed by atoms with Gasteiger partial charge in [-0.05, 0) is 66.3 Å². The summed E-state index contributed by atoms with van der Waals surface area (Å²) in [6.07, 6.45) is 1.76. The maximum Gasteiger partial charge on any atom is 0.249 e. The summed E-state index contributed by atoms with van der Waals surface area (Å²) >= 11 is 0. The maximum absolute atomic E-state index is 14.0. The van der Waals surface area contributed by atoms with Crippen molar-refractivity contribution in [3.8, 4) is 0 Å². The Morgan fingerprint density at radius 3 is 2.46 bits per heavy atom. The summed E-state index contributed by atoms with van der Waals surface area (Å²) in [5.74, 6) is -0.859. The van der Waals surface area contributed by atoms with Gasteiger partial charge in [-0.1, -0.05) is 55.5 Å². The summed E-state index contributed by atoms with van der Waals surface area (Å²) < 4.78 is 21.1. The Hall–Kier alpha value is -4.11. The van der Waals surface area contributed by atoms with Crippen molar-refractivity contribution >= 4 is 28.5 Å². The highest BCUT2D eigenvalue weighted by Gasteiger charge is 2.34. The fraction of sp³-hybridized carbons (Fsp3) is 0.333. The summed E-state index contributed by atoms with van der Waals surface area (Å²) in [5.41, 5.74) is 3.52. The fourth-order valence-electron chi connectivity index (χ4n) is 4.87. The summed E-state index contributed by atoms with van der Waals surface area (Å²) in [6, 6.07) is 19.6. The molecule has 0 spiro atoms. The lowest BCUT2D eigenvalue weighted by Crippen LogP contribution is -2.46. The van der Waals surface area contributed by atoms with Crippen LogP contribution in [0.2, 0.25) is 0 Å². The van der Waals surface area contributed by atoms with Crippen molar-refractivity contribution in [2.45, 2.75) is 51.3 Å². The van der Waals surface area contributed by atoms with E-state index in [2.05, 4.69) is 29.5 Å². The van der Waals surface area contributed by atoms with Crippen LogP contribution in [0.4, 0.5) is 10.1 Å². The number of ether oxygens (including phenoxy) is 1. The molecule has 8 nitrogen and oxygen atoms in total. The molecule has 3 aromatic carbocycles. The number of hydrogen-bond acceptors (Lipinski definition) is 5. The molecule has 1 aliphatic rings. The summed E-state index contributed by atoms with van der Waals surface area (Å²) in [6.45, 7) is 5.05. The van der Waals surface area contributed by atoms with E-state index in [9.17, 15) is 14.0 Å². The third-order valence-corrected chi connectivity index (χ3v) is 7.03. The van der Waals surface area contributed by atoms with Crippen LogP contribution in [-0.2, 0) is 20.9 Å². The molecule has 2 heterocycles. The number of rotatable bonds is 9. The van der Waals surface area contributed by atoms with Crippen LogP contribution in [0.15, 0.2) is 72.8 Å². The zero-order chi connectivity index (χ0) is 27.4. The lowest BCUT2D eigenvalue weighted by molar-refractivity contribution is -0.127. The number of aromatic nitrogens is 3. The van der Waals surface area contributed by atoms with Gasteiger partial charge in [-0.3, -0.25) is 14.5 Å². The molecule has 2 atom stereocenters. The van der Waals surface area contributed by atoms with Crippen molar-refractivity contribution < 1.29 is 18.7 Å². The minimum Gasteiger partial charge on any atom is -0.376 e. The highest BCUT2D eigenvalue weighted by Crippen LogP contribution is 2.30. The number of benzene rings is 3. The third kappa shape index (κ3) is 5.98. The number of hydrogen-bond donors (Lipinski definition) is 1. The molecule has 1 saturated heterocycles. The molecule has 0 bridgehead atoms. The van der Waals surface area contributed by atoms with E-state index in [-0.39, 0.29) is 24.5 Å². The molecular formula is C30H32FN5O3. The zero-order valence-corrected chi connectivity index (χ0v) is 22.1. The first-order chi connectivity index (χ1) is 18.9. The van der Waals surface area contributed by atoms with Gasteiger partial charge in [0.15, 0.2) is 0 Å². The van der Waals surface area contributed by atoms with E-state index in [1.807, 2.05) is 48.5 Å². The van der Waals surface area contributed by atoms with Crippen molar-refractivity contribution in [2.24, 2.45) is 0 Å². The zero-order valence-electron chi connectivity index (χ0n) is 22.1. The molecular weight excluding hydrogens is 497 g/mol. The Morgan fingerprint density at radius 1 is 1.05 bits per heavy atom. The van der Waals surface area contributed by atoms with Gasteiger partial charge in [0, 0.05) is 18.8 Å². The minimum absolute atomic E-state index is 0.0607. The number of halogens is 1. The van der Waals surface area contributed by atoms with Gasteiger partial charge in [-0.15, -0.1) is 5.10 Å². The first-order valence-electron chi connectivity index (χ1n) is 13.3. The Kier molecular flexibility index (Phi) is 7.97. The number of para-hydroxylation sites is 1. The van der Waals surface area contributed by atoms with Gasteiger partial charge in [-0.25, -0.2) is 9.07 Å². The molecule has 9 heteroatoms. The summed E-state index contributed by atoms with van der Waals surface area (Å²) in [5, 5.41) is 11.3. The Labute approximate surface area is 226 Å². The van der Waals surface area contributed by atoms with Crippen LogP contribution in [0.25, 0.3) is 11.0 Å². The normalized spacial score (nSPS) is 15.9. The molecule has 0 saturated carbocycles. The number of fused-ring (bicyclic) bond motifs is 1. The van der Waals surface area contributed by atoms with Gasteiger partial charge in [0.05, 0.1) is 11.6 Å². The molecule has 1 N–H and O–H groups in total. The number of nitrogens with zero attached hydrogens (tertiary/aromatic N) is 4. The lowest BCUT2D eigenvalue weighted by atomic mass is 9.97. The Bertz CT molecular complexity index is 1430. The smallest absolute Gasteiger partial charge is 0.249 e. The third-order valence-electron chi connectivity index (χ3n) is 7.03. The van der Waals surface area contributed by atoms with Gasteiger partial charge >= 0.3 is 0 Å². The van der Waals surface area contributed by atoms with Crippen LogP contribution in [0, 0.1) is 5.82 Å². The van der Waals surface area contributed by atoms with Gasteiger partial charge in [0.1, 0.15) is 23.9 Å². The topological polar surface area (TPSA) is 89.4 Å². The van der Waals surface area contributed by atoms with Crippen LogP contribution >= 0.6 is 0 Å². The first-order valence-corrected chi connectivity index (χ1v) is 13.3. The van der Waals surface area contributed by atoms with Gasteiger partial charge in [0.2, 0.25) is 11.8 Å². The standard InChI is InChI=1S/C30H32FN5O3/c1-20(2)21-9-11-22(12-10-21)29(30(38)32-18-25-6-5-17-39-25)36(24-15-13-23(31)14-16-24)28(37)19-35-27-8-4-3-7-26(27)33-34-35/h3-4,7-16,20,25,29H,5-6,17-19H2,1-2H3,(H,32,38)/t25-,29+/m1/s1. The lowest BCUT2D eigenvalue weighted by Gasteiger charge is -2.32. The van der Waals surface area contributed by atoms with Crippen LogP contribution in [0.1, 0.15) is 49.8 Å². The van der Waals surface area contributed by atoms with Gasteiger partial charge in [-0.2, -0.15) is 0 Å². The molecule has 1 aromatic heterocycles. The van der Waals surface area contributed by atoms with Gasteiger partial charge < -0.3 is 10.1 Å². The SMILES string of the molecule is CC(C)c1ccc([C@@H](C(=O)NC[C@H]2CCCO2)N(C(=O)Cn2nnc3ccccc32)c2ccc(F)cc2)cc1. The number of carbonyl (C=O) groups is 2. The van der Waals surface area contributed by atoms with E-state index in [0.717, 1.165) is 18.4 Å². The number of carbonyl (C=O) groups excluding carboxylic acids is 2. The van der Waals surface area contributed by atoms with Crippen LogP contribution in [-0.4, -0.2) is 46.1 Å². The van der Waals surface area contributed by atoms with Gasteiger partial charge in [0.25, 0.3) is 0 Å². The number of nitrogens with one attached hydrogen (secondary N) is 1. The second-order valence-corrected chi connectivity index (χ2v) is 10.1. The predicted octanol–water partition coefficient (Wildman–Crippen LogP) is 4.76. The Balaban J connectivity index is 1.54. The molecule has 2 amide bonds. The fourth-order valence-corrected chi connectivity index (χ4v) is 4.87. The highest BCUT2D eigenvalue weighted by atomic mass is 19.1. The van der Waals surface area contributed by atoms with E-state index >= 15 is 0 Å². The molecule has 0 radical (unpaired) electrons. The first kappa shape index (κ1) is 26.5. The van der Waals surface area contributed by atoms with Crippen molar-refractivity contribution in [1.29, 1.82) is 0 Å². The molecule has 1 fully saturated rings. The quantitative estimate of drug-likeness (QED) is 0.338. The van der Waals surface area contributed by atoms with E-state index in [4.69, 9.17) is 4.74 Å². The average molecular weight is 530 g/mol. The average Bonchev–Trinajstić information content (AvgIpc) is 3.61. The molecule has 0 aliphatic carbocycles. The largest absolute Gasteiger partial charge is 0.376 e. The monoisotopic (exact) mass is 529 g/mol. The number of amides is 2. The molecule has 4 aromatic rings. The maximum atomic E-state index is 14.0. The van der Waals surface area contributed by atoms with E-state index < -0.39 is 11.9 Å². The molecule has 1 aliphatic heterocycles. The van der Waals surface area contributed by atoms with Crippen molar-refractivity contribution in [3.63, 3.8) is 0 Å². The molecule has 202 valence electrons. The van der Waals surface area contributed by atoms with Crippen molar-refractivity contribution in [1.82, 2.24) is 20.3 Å². The van der Waals surface area contributed by atoms with E-state index in [0.29, 0.717) is 41.4 Å². The van der Waals surface area contributed by atoms with Crippen LogP contribution in [0.3, 0.4) is 0 Å². The minimum atomic E-state index is -1.000.